The van der Waals surface area contributed by atoms with E-state index in [1.165, 1.54) is 6.92 Å². The molecule has 2 unspecified atom stereocenters. The average molecular weight is 671 g/mol. The Morgan fingerprint density at radius 1 is 1.10 bits per heavy atom. The van der Waals surface area contributed by atoms with Crippen molar-refractivity contribution in [3.05, 3.63) is 23.1 Å². The van der Waals surface area contributed by atoms with Gasteiger partial charge in [-0.2, -0.15) is 23.1 Å². The van der Waals surface area contributed by atoms with Crippen LogP contribution in [0.5, 0.6) is 11.9 Å². The summed E-state index contributed by atoms with van der Waals surface area (Å²) in [6.45, 7) is 7.66. The van der Waals surface area contributed by atoms with Crippen LogP contribution in [0.15, 0.2) is 6.07 Å². The number of fused-ring (bicyclic) bond motifs is 6. The molecule has 3 aromatic rings. The van der Waals surface area contributed by atoms with Crippen LogP contribution in [0, 0.1) is 24.1 Å². The zero-order valence-electron chi connectivity index (χ0n) is 26.8. The monoisotopic (exact) mass is 670 g/mol. The Bertz CT molecular complexity index is 1790. The molecule has 256 valence electrons. The minimum absolute atomic E-state index is 0.0203. The van der Waals surface area contributed by atoms with Crippen molar-refractivity contribution in [1.29, 1.82) is 0 Å². The summed E-state index contributed by atoms with van der Waals surface area (Å²) in [4.78, 5) is 22.2. The summed E-state index contributed by atoms with van der Waals surface area (Å²) in [5.41, 5.74) is 3.04. The third-order valence-electron chi connectivity index (χ3n) is 11.3. The second kappa shape index (κ2) is 10.7. The van der Waals surface area contributed by atoms with Gasteiger partial charge in [0, 0.05) is 61.8 Å². The summed E-state index contributed by atoms with van der Waals surface area (Å²) in [5.74, 6) is -0.248. The molecule has 0 amide bonds. The van der Waals surface area contributed by atoms with Gasteiger partial charge < -0.3 is 30.2 Å². The molecule has 3 N–H and O–H groups in total. The van der Waals surface area contributed by atoms with Gasteiger partial charge in [0.15, 0.2) is 5.82 Å². The number of aryl methyl sites for hydroxylation is 1. The van der Waals surface area contributed by atoms with Crippen LogP contribution in [-0.4, -0.2) is 94.6 Å². The molecule has 5 aliphatic heterocycles. The van der Waals surface area contributed by atoms with Gasteiger partial charge in [0.05, 0.1) is 30.0 Å². The fourth-order valence-corrected chi connectivity index (χ4v) is 8.88. The van der Waals surface area contributed by atoms with Crippen molar-refractivity contribution in [2.75, 3.05) is 50.0 Å². The van der Waals surface area contributed by atoms with Crippen molar-refractivity contribution in [2.45, 2.75) is 82.5 Å². The maximum absolute atomic E-state index is 16.8. The van der Waals surface area contributed by atoms with E-state index in [1.54, 1.807) is 0 Å². The molecule has 1 saturated carbocycles. The van der Waals surface area contributed by atoms with E-state index >= 15 is 4.39 Å². The molecule has 0 aromatic carbocycles. The van der Waals surface area contributed by atoms with Gasteiger partial charge >= 0.3 is 12.2 Å². The number of likely N-dealkylation sites (tertiary alicyclic amines) is 1. The molecular weight excluding hydrogens is 632 g/mol. The van der Waals surface area contributed by atoms with Crippen LogP contribution in [0.3, 0.4) is 0 Å². The number of alkyl halides is 3. The number of piperazine rings is 1. The van der Waals surface area contributed by atoms with Gasteiger partial charge in [-0.1, -0.05) is 0 Å². The molecular formula is C33H38F4N8O3. The highest BCUT2D eigenvalue weighted by Crippen LogP contribution is 2.49. The number of nitrogens with zero attached hydrogens (tertiary/aromatic N) is 6. The van der Waals surface area contributed by atoms with E-state index in [2.05, 4.69) is 30.1 Å². The predicted octanol–water partition coefficient (Wildman–Crippen LogP) is 4.11. The van der Waals surface area contributed by atoms with Crippen molar-refractivity contribution >= 4 is 22.5 Å². The SMILES string of the molecule is Cc1nc(N)cc(-c2nc3c4c(nc(OCC5(CN6CC7CCOC7C6)CC5)nc4c2F)N2C[C@H]4CC[C@H](N4)[C@H]2[C@H](C)O3)c1C(F)(F)F. The maximum Gasteiger partial charge on any atom is 0.418 e. The lowest BCUT2D eigenvalue weighted by Crippen LogP contribution is -2.62. The van der Waals surface area contributed by atoms with Crippen LogP contribution in [0.1, 0.15) is 50.3 Å². The van der Waals surface area contributed by atoms with Gasteiger partial charge in [-0.15, -0.1) is 0 Å². The Labute approximate surface area is 274 Å². The summed E-state index contributed by atoms with van der Waals surface area (Å²) < 4.78 is 78.7. The number of nitrogen functional groups attached to an aromatic ring is 1. The number of aromatic nitrogens is 4. The Hall–Kier alpha value is -3.56. The van der Waals surface area contributed by atoms with Gasteiger partial charge in [0.2, 0.25) is 5.88 Å². The minimum atomic E-state index is -4.85. The Morgan fingerprint density at radius 3 is 2.71 bits per heavy atom. The molecule has 4 saturated heterocycles. The number of nitrogens with one attached hydrogen (secondary N) is 1. The van der Waals surface area contributed by atoms with E-state index in [0.29, 0.717) is 31.0 Å². The van der Waals surface area contributed by atoms with Crippen molar-refractivity contribution in [1.82, 2.24) is 30.2 Å². The number of rotatable bonds is 6. The molecule has 6 atom stereocenters. The zero-order chi connectivity index (χ0) is 33.1. The number of hydrogen-bond acceptors (Lipinski definition) is 11. The minimum Gasteiger partial charge on any atom is -0.472 e. The third kappa shape index (κ3) is 4.94. The maximum atomic E-state index is 16.8. The Kier molecular flexibility index (Phi) is 6.81. The number of anilines is 2. The van der Waals surface area contributed by atoms with Gasteiger partial charge in [0.1, 0.15) is 34.3 Å². The van der Waals surface area contributed by atoms with Crippen molar-refractivity contribution in [3.8, 4) is 23.1 Å². The second-order valence-corrected chi connectivity index (χ2v) is 14.6. The van der Waals surface area contributed by atoms with Crippen molar-refractivity contribution in [3.63, 3.8) is 0 Å². The average Bonchev–Trinajstić information content (AvgIpc) is 3.28. The number of nitrogens with two attached hydrogens (primary N) is 1. The van der Waals surface area contributed by atoms with E-state index in [1.807, 2.05) is 6.92 Å². The van der Waals surface area contributed by atoms with E-state index in [4.69, 9.17) is 24.9 Å². The van der Waals surface area contributed by atoms with Gasteiger partial charge in [-0.3, -0.25) is 4.90 Å². The fraction of sp³-hybridized carbons (Fsp3) is 0.636. The summed E-state index contributed by atoms with van der Waals surface area (Å²) in [6.07, 6.45) is -0.0110. The highest BCUT2D eigenvalue weighted by atomic mass is 19.4. The Balaban J connectivity index is 1.14. The smallest absolute Gasteiger partial charge is 0.418 e. The van der Waals surface area contributed by atoms with Gasteiger partial charge in [-0.05, 0) is 52.0 Å². The van der Waals surface area contributed by atoms with E-state index < -0.39 is 34.9 Å². The number of halogens is 4. The van der Waals surface area contributed by atoms with Crippen LogP contribution in [0.25, 0.3) is 22.2 Å². The lowest BCUT2D eigenvalue weighted by molar-refractivity contribution is -0.137. The van der Waals surface area contributed by atoms with Gasteiger partial charge in [-0.25, -0.2) is 14.4 Å². The molecule has 11 nitrogen and oxygen atoms in total. The quantitative estimate of drug-likeness (QED) is 0.369. The number of pyridine rings is 2. The van der Waals surface area contributed by atoms with Crippen molar-refractivity contribution < 1.29 is 31.8 Å². The van der Waals surface area contributed by atoms with Crippen LogP contribution in [0.2, 0.25) is 0 Å². The Morgan fingerprint density at radius 2 is 1.94 bits per heavy atom. The zero-order valence-corrected chi connectivity index (χ0v) is 26.8. The van der Waals surface area contributed by atoms with Crippen LogP contribution in [0.4, 0.5) is 29.2 Å². The molecule has 48 heavy (non-hydrogen) atoms. The highest BCUT2D eigenvalue weighted by molar-refractivity contribution is 5.97. The summed E-state index contributed by atoms with van der Waals surface area (Å²) in [7, 11) is 0. The third-order valence-corrected chi connectivity index (χ3v) is 11.3. The molecule has 5 fully saturated rings. The van der Waals surface area contributed by atoms with Crippen molar-refractivity contribution in [2.24, 2.45) is 11.3 Å². The first-order valence-electron chi connectivity index (χ1n) is 16.9. The topological polar surface area (TPSA) is 124 Å². The van der Waals surface area contributed by atoms with E-state index in [0.717, 1.165) is 64.4 Å². The molecule has 6 aliphatic rings. The standard InChI is InChI=1S/C33H38F4N8O3/c1-15-24(33(35,36)37)19(9-22(38)39-15)26-25(34)27-23-29(45-11-18-3-4-20(40-18)28(45)16(2)48-30(23)41-26)43-31(42-27)47-14-32(6-7-32)13-44-10-17-5-8-46-21(17)12-44/h9,16-18,20-21,28,40H,3-8,10-14H2,1-2H3,(H2,38,39)/t16-,17?,18+,20-,21?,28+/m0/s1. The largest absolute Gasteiger partial charge is 0.472 e. The summed E-state index contributed by atoms with van der Waals surface area (Å²) in [5, 5.41) is 3.88. The van der Waals surface area contributed by atoms with E-state index in [9.17, 15) is 13.2 Å². The van der Waals surface area contributed by atoms with E-state index in [-0.39, 0.29) is 57.8 Å². The fourth-order valence-electron chi connectivity index (χ4n) is 8.88. The number of ether oxygens (including phenoxy) is 3. The van der Waals surface area contributed by atoms with Crippen LogP contribution < -0.4 is 25.4 Å². The highest BCUT2D eigenvalue weighted by Gasteiger charge is 2.50. The molecule has 15 heteroatoms. The first-order valence-corrected chi connectivity index (χ1v) is 16.9. The molecule has 3 aromatic heterocycles. The molecule has 0 radical (unpaired) electrons. The van der Waals surface area contributed by atoms with Crippen LogP contribution in [-0.2, 0) is 10.9 Å². The molecule has 2 bridgehead atoms. The molecule has 9 rings (SSSR count). The number of hydrogen-bond donors (Lipinski definition) is 2. The normalized spacial score (nSPS) is 30.2. The first-order chi connectivity index (χ1) is 23.0. The second-order valence-electron chi connectivity index (χ2n) is 14.6. The lowest BCUT2D eigenvalue weighted by Gasteiger charge is -2.42. The summed E-state index contributed by atoms with van der Waals surface area (Å²) in [6, 6.07) is 1.10. The van der Waals surface area contributed by atoms with Gasteiger partial charge in [0.25, 0.3) is 0 Å². The first kappa shape index (κ1) is 30.5. The summed E-state index contributed by atoms with van der Waals surface area (Å²) >= 11 is 0. The predicted molar refractivity (Wildman–Crippen MR) is 167 cm³/mol. The van der Waals surface area contributed by atoms with Crippen LogP contribution >= 0.6 is 0 Å². The molecule has 1 aliphatic carbocycles. The molecule has 8 heterocycles. The molecule has 0 spiro atoms. The lowest BCUT2D eigenvalue weighted by atomic mass is 9.99.